The Morgan fingerprint density at radius 2 is 1.69 bits per heavy atom. The fraction of sp³-hybridized carbons (Fsp3) is 0.818. The number of nitrogens with two attached hydrogens (primary N) is 1. The molecule has 0 radical (unpaired) electrons. The molecule has 0 bridgehead atoms. The fourth-order valence-corrected chi connectivity index (χ4v) is 0.887. The minimum Gasteiger partial charge on any atom is -0.481 e. The Kier molecular flexibility index (Phi) is 4.49. The number of rotatable bonds is 4. The number of carbonyl (C=O) groups excluding carboxylic acids is 1. The highest BCUT2D eigenvalue weighted by atomic mass is 16.4. The number of carboxylic acid groups (broad SMARTS) is 1. The Hall–Kier alpha value is -1.10. The maximum atomic E-state index is 11.6. The summed E-state index contributed by atoms with van der Waals surface area (Å²) in [5, 5.41) is 11.4. The zero-order valence-electron chi connectivity index (χ0n) is 10.6. The van der Waals surface area contributed by atoms with E-state index < -0.39 is 17.4 Å². The van der Waals surface area contributed by atoms with Gasteiger partial charge < -0.3 is 16.2 Å². The summed E-state index contributed by atoms with van der Waals surface area (Å²) >= 11 is 0. The van der Waals surface area contributed by atoms with E-state index in [-0.39, 0.29) is 17.9 Å². The maximum absolute atomic E-state index is 11.6. The molecule has 0 aliphatic carbocycles. The van der Waals surface area contributed by atoms with E-state index in [0.29, 0.717) is 0 Å². The van der Waals surface area contributed by atoms with Gasteiger partial charge in [0.2, 0.25) is 5.91 Å². The Labute approximate surface area is 96.4 Å². The van der Waals surface area contributed by atoms with Gasteiger partial charge in [-0.1, -0.05) is 20.8 Å². The van der Waals surface area contributed by atoms with Crippen molar-refractivity contribution in [1.82, 2.24) is 5.32 Å². The minimum atomic E-state index is -0.979. The lowest BCUT2D eigenvalue weighted by atomic mass is 9.86. The van der Waals surface area contributed by atoms with Crippen molar-refractivity contribution in [3.05, 3.63) is 0 Å². The summed E-state index contributed by atoms with van der Waals surface area (Å²) in [5.41, 5.74) is 4.43. The Morgan fingerprint density at radius 3 is 2.00 bits per heavy atom. The molecule has 1 unspecified atom stereocenters. The summed E-state index contributed by atoms with van der Waals surface area (Å²) in [5.74, 6) is -1.26. The van der Waals surface area contributed by atoms with Crippen LogP contribution in [0.3, 0.4) is 0 Å². The van der Waals surface area contributed by atoms with Gasteiger partial charge in [0.1, 0.15) is 0 Å². The fourth-order valence-electron chi connectivity index (χ4n) is 0.887. The van der Waals surface area contributed by atoms with Crippen LogP contribution in [0.5, 0.6) is 0 Å². The van der Waals surface area contributed by atoms with Gasteiger partial charge in [0.15, 0.2) is 0 Å². The predicted octanol–water partition coefficient (Wildman–Crippen LogP) is 0.587. The van der Waals surface area contributed by atoms with Gasteiger partial charge in [0, 0.05) is 6.54 Å². The largest absolute Gasteiger partial charge is 0.481 e. The lowest BCUT2D eigenvalue weighted by Gasteiger charge is -2.27. The van der Waals surface area contributed by atoms with Gasteiger partial charge in [-0.3, -0.25) is 9.59 Å². The summed E-state index contributed by atoms with van der Waals surface area (Å²) < 4.78 is 0. The second kappa shape index (κ2) is 4.82. The molecule has 1 atom stereocenters. The Morgan fingerprint density at radius 1 is 1.25 bits per heavy atom. The second-order valence-electron chi connectivity index (χ2n) is 5.75. The molecule has 4 N–H and O–H groups in total. The molecule has 1 amide bonds. The van der Waals surface area contributed by atoms with Crippen molar-refractivity contribution < 1.29 is 14.7 Å². The first-order chi connectivity index (χ1) is 6.98. The third kappa shape index (κ3) is 4.18. The van der Waals surface area contributed by atoms with Crippen LogP contribution in [-0.4, -0.2) is 29.6 Å². The lowest BCUT2D eigenvalue weighted by Crippen LogP contribution is -2.51. The standard InChI is InChI=1S/C11H22N2O3/c1-10(2,3)7(12)8(14)13-6-11(4,5)9(15)16/h7H,6,12H2,1-5H3,(H,13,14)(H,15,16). The molecule has 0 aromatic rings. The summed E-state index contributed by atoms with van der Waals surface area (Å²) in [6.07, 6.45) is 0. The van der Waals surface area contributed by atoms with E-state index >= 15 is 0 Å². The molecule has 0 heterocycles. The van der Waals surface area contributed by atoms with Gasteiger partial charge >= 0.3 is 5.97 Å². The van der Waals surface area contributed by atoms with Gasteiger partial charge in [-0.25, -0.2) is 0 Å². The molecule has 0 spiro atoms. The van der Waals surface area contributed by atoms with Crippen molar-refractivity contribution >= 4 is 11.9 Å². The van der Waals surface area contributed by atoms with Gasteiger partial charge in [-0.2, -0.15) is 0 Å². The third-order valence-corrected chi connectivity index (χ3v) is 2.50. The molecule has 0 saturated carbocycles. The Bertz CT molecular complexity index is 279. The molecule has 5 nitrogen and oxygen atoms in total. The van der Waals surface area contributed by atoms with Gasteiger partial charge in [0.25, 0.3) is 0 Å². The first-order valence-electron chi connectivity index (χ1n) is 5.25. The quantitative estimate of drug-likeness (QED) is 0.659. The number of carboxylic acids is 1. The van der Waals surface area contributed by atoms with Gasteiger partial charge in [-0.15, -0.1) is 0 Å². The molecule has 0 saturated heterocycles. The highest BCUT2D eigenvalue weighted by molar-refractivity contribution is 5.83. The molecule has 0 aliphatic rings. The van der Waals surface area contributed by atoms with Crippen LogP contribution in [0.25, 0.3) is 0 Å². The monoisotopic (exact) mass is 230 g/mol. The van der Waals surface area contributed by atoms with Crippen molar-refractivity contribution in [1.29, 1.82) is 0 Å². The van der Waals surface area contributed by atoms with Gasteiger partial charge in [0.05, 0.1) is 11.5 Å². The topological polar surface area (TPSA) is 92.4 Å². The predicted molar refractivity (Wildman–Crippen MR) is 61.9 cm³/mol. The number of carbonyl (C=O) groups is 2. The van der Waals surface area contributed by atoms with E-state index in [0.717, 1.165) is 0 Å². The molecule has 94 valence electrons. The zero-order chi connectivity index (χ0) is 13.1. The highest BCUT2D eigenvalue weighted by Crippen LogP contribution is 2.18. The minimum absolute atomic E-state index is 0.0744. The van der Waals surface area contributed by atoms with Crippen molar-refractivity contribution in [2.45, 2.75) is 40.7 Å². The number of amides is 1. The summed E-state index contributed by atoms with van der Waals surface area (Å²) in [6, 6.07) is -0.642. The SMILES string of the molecule is CC(C)(CNC(=O)C(N)C(C)(C)C)C(=O)O. The van der Waals surface area contributed by atoms with Gasteiger partial charge in [-0.05, 0) is 19.3 Å². The molecular formula is C11H22N2O3. The van der Waals surface area contributed by atoms with E-state index in [1.807, 2.05) is 20.8 Å². The normalized spacial score (nSPS) is 14.4. The second-order valence-corrected chi connectivity index (χ2v) is 5.75. The molecule has 0 aromatic carbocycles. The molecule has 16 heavy (non-hydrogen) atoms. The van der Waals surface area contributed by atoms with Crippen molar-refractivity contribution in [2.24, 2.45) is 16.6 Å². The smallest absolute Gasteiger partial charge is 0.310 e. The van der Waals surface area contributed by atoms with Crippen LogP contribution in [0.1, 0.15) is 34.6 Å². The molecule has 0 fully saturated rings. The van der Waals surface area contributed by atoms with Crippen LogP contribution < -0.4 is 11.1 Å². The summed E-state index contributed by atoms with van der Waals surface area (Å²) in [6.45, 7) is 8.76. The van der Waals surface area contributed by atoms with E-state index in [4.69, 9.17) is 10.8 Å². The average Bonchev–Trinajstić information content (AvgIpc) is 2.11. The van der Waals surface area contributed by atoms with Crippen molar-refractivity contribution in [2.75, 3.05) is 6.54 Å². The molecule has 5 heteroatoms. The van der Waals surface area contributed by atoms with E-state index in [1.165, 1.54) is 0 Å². The van der Waals surface area contributed by atoms with E-state index in [2.05, 4.69) is 5.32 Å². The van der Waals surface area contributed by atoms with E-state index in [9.17, 15) is 9.59 Å². The van der Waals surface area contributed by atoms with Crippen LogP contribution in [0.4, 0.5) is 0 Å². The first kappa shape index (κ1) is 14.9. The molecule has 0 rings (SSSR count). The summed E-state index contributed by atoms with van der Waals surface area (Å²) in [7, 11) is 0. The van der Waals surface area contributed by atoms with Crippen LogP contribution >= 0.6 is 0 Å². The number of aliphatic carboxylic acids is 1. The van der Waals surface area contributed by atoms with E-state index in [1.54, 1.807) is 13.8 Å². The third-order valence-electron chi connectivity index (χ3n) is 2.50. The number of hydrogen-bond acceptors (Lipinski definition) is 3. The Balaban J connectivity index is 4.34. The van der Waals surface area contributed by atoms with Crippen molar-refractivity contribution in [3.8, 4) is 0 Å². The molecule has 0 aromatic heterocycles. The van der Waals surface area contributed by atoms with Crippen LogP contribution in [-0.2, 0) is 9.59 Å². The first-order valence-corrected chi connectivity index (χ1v) is 5.25. The number of hydrogen-bond donors (Lipinski definition) is 3. The van der Waals surface area contributed by atoms with Crippen LogP contribution in [0, 0.1) is 10.8 Å². The summed E-state index contributed by atoms with van der Waals surface area (Å²) in [4.78, 5) is 22.4. The zero-order valence-corrected chi connectivity index (χ0v) is 10.6. The highest BCUT2D eigenvalue weighted by Gasteiger charge is 2.31. The van der Waals surface area contributed by atoms with Crippen LogP contribution in [0.15, 0.2) is 0 Å². The lowest BCUT2D eigenvalue weighted by molar-refractivity contribution is -0.146. The van der Waals surface area contributed by atoms with Crippen molar-refractivity contribution in [3.63, 3.8) is 0 Å². The molecule has 0 aliphatic heterocycles. The number of nitrogens with one attached hydrogen (secondary N) is 1. The van der Waals surface area contributed by atoms with Crippen LogP contribution in [0.2, 0.25) is 0 Å². The maximum Gasteiger partial charge on any atom is 0.310 e. The average molecular weight is 230 g/mol. The molecular weight excluding hydrogens is 208 g/mol.